The highest BCUT2D eigenvalue weighted by Crippen LogP contribution is 2.35. The summed E-state index contributed by atoms with van der Waals surface area (Å²) in [5, 5.41) is 11.1. The Kier molecular flexibility index (Phi) is 4.01. The second kappa shape index (κ2) is 5.76. The normalized spacial score (nSPS) is 14.8. The maximum atomic E-state index is 10.4. The van der Waals surface area contributed by atoms with E-state index in [1.165, 1.54) is 0 Å². The molecule has 0 spiro atoms. The van der Waals surface area contributed by atoms with Crippen molar-refractivity contribution in [1.29, 1.82) is 0 Å². The summed E-state index contributed by atoms with van der Waals surface area (Å²) in [5.74, 6) is 0.892. The van der Waals surface area contributed by atoms with Crippen molar-refractivity contribution in [3.8, 4) is 5.75 Å². The Morgan fingerprint density at radius 1 is 1.30 bits per heavy atom. The first kappa shape index (κ1) is 13.9. The third kappa shape index (κ3) is 2.85. The van der Waals surface area contributed by atoms with Crippen LogP contribution in [-0.2, 0) is 12.8 Å². The lowest BCUT2D eigenvalue weighted by Crippen LogP contribution is -2.03. The third-order valence-electron chi connectivity index (χ3n) is 3.47. The lowest BCUT2D eigenvalue weighted by atomic mass is 9.99. The van der Waals surface area contributed by atoms with Crippen LogP contribution in [0.1, 0.15) is 22.8 Å². The molecular weight excluding hydrogens is 340 g/mol. The molecule has 104 valence electrons. The second-order valence-corrected chi connectivity index (χ2v) is 6.28. The van der Waals surface area contributed by atoms with Crippen LogP contribution in [0.25, 0.3) is 0 Å². The first-order chi connectivity index (χ1) is 9.63. The van der Waals surface area contributed by atoms with Crippen LogP contribution in [0.3, 0.4) is 0 Å². The van der Waals surface area contributed by atoms with Gasteiger partial charge in [0.15, 0.2) is 0 Å². The van der Waals surface area contributed by atoms with Gasteiger partial charge in [-0.2, -0.15) is 0 Å². The van der Waals surface area contributed by atoms with E-state index in [9.17, 15) is 5.11 Å². The smallest absolute Gasteiger partial charge is 0.126 e. The van der Waals surface area contributed by atoms with E-state index < -0.39 is 6.10 Å². The zero-order valence-corrected chi connectivity index (χ0v) is 13.1. The Morgan fingerprint density at radius 3 is 2.95 bits per heavy atom. The van der Waals surface area contributed by atoms with Gasteiger partial charge < -0.3 is 9.84 Å². The fraction of sp³-hybridized carbons (Fsp3) is 0.250. The molecule has 20 heavy (non-hydrogen) atoms. The van der Waals surface area contributed by atoms with Crippen molar-refractivity contribution in [3.05, 3.63) is 62.6 Å². The summed E-state index contributed by atoms with van der Waals surface area (Å²) in [6, 6.07) is 11.5. The summed E-state index contributed by atoms with van der Waals surface area (Å²) in [6.45, 7) is 0.690. The summed E-state index contributed by atoms with van der Waals surface area (Å²) >= 11 is 9.56. The number of rotatable bonds is 3. The number of ether oxygens (including phenoxy) is 1. The molecule has 0 radical (unpaired) electrons. The molecule has 1 heterocycles. The SMILES string of the molecule is OC(Cc1cc(Cl)cc2c1OCC2)c1cccc(Br)c1. The molecule has 1 aliphatic rings. The molecule has 2 aromatic rings. The zero-order chi connectivity index (χ0) is 14.1. The van der Waals surface area contributed by atoms with Gasteiger partial charge in [0.25, 0.3) is 0 Å². The maximum absolute atomic E-state index is 10.4. The van der Waals surface area contributed by atoms with E-state index in [0.717, 1.165) is 33.3 Å². The van der Waals surface area contributed by atoms with Gasteiger partial charge in [-0.1, -0.05) is 39.7 Å². The third-order valence-corrected chi connectivity index (χ3v) is 4.18. The molecule has 0 aromatic heterocycles. The van der Waals surface area contributed by atoms with Crippen LogP contribution in [-0.4, -0.2) is 11.7 Å². The molecule has 1 unspecified atom stereocenters. The van der Waals surface area contributed by atoms with Crippen LogP contribution in [0, 0.1) is 0 Å². The fourth-order valence-corrected chi connectivity index (χ4v) is 3.22. The van der Waals surface area contributed by atoms with Crippen LogP contribution in [0.4, 0.5) is 0 Å². The van der Waals surface area contributed by atoms with Gasteiger partial charge >= 0.3 is 0 Å². The summed E-state index contributed by atoms with van der Waals surface area (Å²) in [4.78, 5) is 0. The second-order valence-electron chi connectivity index (χ2n) is 4.93. The van der Waals surface area contributed by atoms with Crippen LogP contribution >= 0.6 is 27.5 Å². The van der Waals surface area contributed by atoms with Crippen LogP contribution < -0.4 is 4.74 Å². The van der Waals surface area contributed by atoms with Crippen molar-refractivity contribution >= 4 is 27.5 Å². The number of benzene rings is 2. The molecule has 1 N–H and O–H groups in total. The minimum Gasteiger partial charge on any atom is -0.493 e. The molecule has 2 nitrogen and oxygen atoms in total. The van der Waals surface area contributed by atoms with Gasteiger partial charge in [-0.25, -0.2) is 0 Å². The number of hydrogen-bond acceptors (Lipinski definition) is 2. The number of aliphatic hydroxyl groups is 1. The maximum Gasteiger partial charge on any atom is 0.126 e. The number of halogens is 2. The highest BCUT2D eigenvalue weighted by atomic mass is 79.9. The molecule has 4 heteroatoms. The molecule has 0 fully saturated rings. The summed E-state index contributed by atoms with van der Waals surface area (Å²) < 4.78 is 6.63. The zero-order valence-electron chi connectivity index (χ0n) is 10.8. The molecule has 0 saturated carbocycles. The van der Waals surface area contributed by atoms with E-state index in [1.807, 2.05) is 36.4 Å². The van der Waals surface area contributed by atoms with Crippen molar-refractivity contribution in [1.82, 2.24) is 0 Å². The van der Waals surface area contributed by atoms with Gasteiger partial charge in [-0.15, -0.1) is 0 Å². The topological polar surface area (TPSA) is 29.5 Å². The molecule has 2 aromatic carbocycles. The van der Waals surface area contributed by atoms with Crippen LogP contribution in [0.15, 0.2) is 40.9 Å². The molecule has 0 amide bonds. The van der Waals surface area contributed by atoms with Gasteiger partial charge in [0.1, 0.15) is 5.75 Å². The molecule has 0 aliphatic carbocycles. The summed E-state index contributed by atoms with van der Waals surface area (Å²) in [6.07, 6.45) is 0.814. The lowest BCUT2D eigenvalue weighted by Gasteiger charge is -2.14. The van der Waals surface area contributed by atoms with E-state index >= 15 is 0 Å². The average Bonchev–Trinajstić information content (AvgIpc) is 2.86. The molecule has 1 aliphatic heterocycles. The first-order valence-corrected chi connectivity index (χ1v) is 7.68. The Bertz CT molecular complexity index is 642. The Hall–Kier alpha value is -1.03. The van der Waals surface area contributed by atoms with Crippen LogP contribution in [0.5, 0.6) is 5.75 Å². The van der Waals surface area contributed by atoms with E-state index in [1.54, 1.807) is 0 Å². The van der Waals surface area contributed by atoms with E-state index in [4.69, 9.17) is 16.3 Å². The predicted molar refractivity (Wildman–Crippen MR) is 83.5 cm³/mol. The fourth-order valence-electron chi connectivity index (χ4n) is 2.54. The van der Waals surface area contributed by atoms with E-state index in [0.29, 0.717) is 18.1 Å². The number of aliphatic hydroxyl groups excluding tert-OH is 1. The van der Waals surface area contributed by atoms with Gasteiger partial charge in [0, 0.05) is 22.3 Å². The Balaban J connectivity index is 1.88. The van der Waals surface area contributed by atoms with Crippen molar-refractivity contribution in [2.45, 2.75) is 18.9 Å². The first-order valence-electron chi connectivity index (χ1n) is 6.51. The Labute approximate surface area is 131 Å². The molecular formula is C16H14BrClO2. The van der Waals surface area contributed by atoms with Crippen molar-refractivity contribution in [2.24, 2.45) is 0 Å². The average molecular weight is 354 g/mol. The van der Waals surface area contributed by atoms with E-state index in [2.05, 4.69) is 15.9 Å². The molecule has 3 rings (SSSR count). The van der Waals surface area contributed by atoms with Gasteiger partial charge in [0.2, 0.25) is 0 Å². The van der Waals surface area contributed by atoms with Crippen molar-refractivity contribution in [2.75, 3.05) is 6.61 Å². The Morgan fingerprint density at radius 2 is 2.15 bits per heavy atom. The molecule has 1 atom stereocenters. The van der Waals surface area contributed by atoms with Gasteiger partial charge in [-0.05, 0) is 41.0 Å². The highest BCUT2D eigenvalue weighted by molar-refractivity contribution is 9.10. The minimum atomic E-state index is -0.570. The predicted octanol–water partition coefficient (Wildman–Crippen LogP) is 4.31. The summed E-state index contributed by atoms with van der Waals surface area (Å²) in [5.41, 5.74) is 2.98. The molecule has 0 saturated heterocycles. The number of hydrogen-bond donors (Lipinski definition) is 1. The number of fused-ring (bicyclic) bond motifs is 1. The largest absolute Gasteiger partial charge is 0.493 e. The monoisotopic (exact) mass is 352 g/mol. The summed E-state index contributed by atoms with van der Waals surface area (Å²) in [7, 11) is 0. The lowest BCUT2D eigenvalue weighted by molar-refractivity contribution is 0.177. The molecule has 0 bridgehead atoms. The van der Waals surface area contributed by atoms with Crippen molar-refractivity contribution in [3.63, 3.8) is 0 Å². The van der Waals surface area contributed by atoms with E-state index in [-0.39, 0.29) is 0 Å². The van der Waals surface area contributed by atoms with Crippen LogP contribution in [0.2, 0.25) is 5.02 Å². The van der Waals surface area contributed by atoms with Gasteiger partial charge in [-0.3, -0.25) is 0 Å². The highest BCUT2D eigenvalue weighted by Gasteiger charge is 2.20. The quantitative estimate of drug-likeness (QED) is 0.891. The minimum absolute atomic E-state index is 0.499. The van der Waals surface area contributed by atoms with Gasteiger partial charge in [0.05, 0.1) is 12.7 Å². The van der Waals surface area contributed by atoms with Crippen molar-refractivity contribution < 1.29 is 9.84 Å². The standard InChI is InChI=1S/C16H14BrClO2/c17-13-3-1-2-10(6-13)15(19)9-12-8-14(18)7-11-4-5-20-16(11)12/h1-3,6-8,15,19H,4-5,9H2.